The maximum atomic E-state index is 10.8. The van der Waals surface area contributed by atoms with Crippen LogP contribution in [0.3, 0.4) is 0 Å². The summed E-state index contributed by atoms with van der Waals surface area (Å²) in [6, 6.07) is -0.0989. The predicted molar refractivity (Wildman–Crippen MR) is 49.8 cm³/mol. The molecule has 0 bridgehead atoms. The number of urea groups is 1. The Kier molecular flexibility index (Phi) is 7.16. The van der Waals surface area contributed by atoms with Gasteiger partial charge in [-0.25, -0.2) is 4.79 Å². The molecule has 0 saturated heterocycles. The van der Waals surface area contributed by atoms with Gasteiger partial charge in [0.25, 0.3) is 0 Å². The number of carbonyl (C=O) groups is 1. The minimum Gasteiger partial charge on any atom is -0.338 e. The van der Waals surface area contributed by atoms with Crippen LogP contribution in [0.15, 0.2) is 0 Å². The largest absolute Gasteiger partial charge is 0.338 e. The van der Waals surface area contributed by atoms with Gasteiger partial charge in [-0.05, 0) is 19.8 Å². The van der Waals surface area contributed by atoms with Gasteiger partial charge in [-0.3, -0.25) is 0 Å². The summed E-state index contributed by atoms with van der Waals surface area (Å²) < 4.78 is 0. The second-order valence-electron chi connectivity index (χ2n) is 2.45. The number of nitrogens with one attached hydrogen (secondary N) is 2. The van der Waals surface area contributed by atoms with E-state index in [0.29, 0.717) is 13.1 Å². The van der Waals surface area contributed by atoms with Gasteiger partial charge in [0.1, 0.15) is 0 Å². The fourth-order valence-corrected chi connectivity index (χ4v) is 0.777. The van der Waals surface area contributed by atoms with E-state index in [1.807, 2.05) is 6.92 Å². The molecule has 3 nitrogen and oxygen atoms in total. The lowest BCUT2D eigenvalue weighted by molar-refractivity contribution is 0.241. The summed E-state index contributed by atoms with van der Waals surface area (Å²) in [5, 5.41) is 5.37. The van der Waals surface area contributed by atoms with Crippen molar-refractivity contribution in [1.82, 2.24) is 10.6 Å². The van der Waals surface area contributed by atoms with Crippen molar-refractivity contribution in [2.75, 3.05) is 13.1 Å². The van der Waals surface area contributed by atoms with Crippen molar-refractivity contribution >= 4 is 6.03 Å². The van der Waals surface area contributed by atoms with E-state index in [2.05, 4.69) is 16.6 Å². The van der Waals surface area contributed by atoms with Crippen molar-refractivity contribution in [3.05, 3.63) is 0 Å². The number of amides is 2. The summed E-state index contributed by atoms with van der Waals surface area (Å²) in [5.74, 6) is 2.55. The summed E-state index contributed by atoms with van der Waals surface area (Å²) >= 11 is 0. The first-order valence-electron chi connectivity index (χ1n) is 4.26. The quantitative estimate of drug-likeness (QED) is 0.468. The molecule has 68 valence electrons. The standard InChI is InChI=1S/C9H16N2O/c1-3-5-6-7-8-11-9(12)10-4-2/h1H,4-8H2,2H3,(H2,10,11,12). The Hall–Kier alpha value is -1.17. The third-order valence-electron chi connectivity index (χ3n) is 1.37. The van der Waals surface area contributed by atoms with Gasteiger partial charge < -0.3 is 10.6 Å². The Labute approximate surface area is 73.9 Å². The first kappa shape index (κ1) is 10.8. The van der Waals surface area contributed by atoms with E-state index in [9.17, 15) is 4.79 Å². The van der Waals surface area contributed by atoms with Crippen LogP contribution in [0, 0.1) is 12.3 Å². The molecule has 0 aromatic heterocycles. The zero-order valence-corrected chi connectivity index (χ0v) is 7.52. The summed E-state index contributed by atoms with van der Waals surface area (Å²) in [6.07, 6.45) is 7.78. The van der Waals surface area contributed by atoms with Crippen molar-refractivity contribution < 1.29 is 4.79 Å². The van der Waals surface area contributed by atoms with Crippen LogP contribution in [-0.4, -0.2) is 19.1 Å². The van der Waals surface area contributed by atoms with Gasteiger partial charge >= 0.3 is 6.03 Å². The van der Waals surface area contributed by atoms with Crippen LogP contribution in [-0.2, 0) is 0 Å². The third-order valence-corrected chi connectivity index (χ3v) is 1.37. The molecule has 2 N–H and O–H groups in total. The Morgan fingerprint density at radius 3 is 2.75 bits per heavy atom. The second kappa shape index (κ2) is 7.93. The zero-order chi connectivity index (χ0) is 9.23. The topological polar surface area (TPSA) is 41.1 Å². The van der Waals surface area contributed by atoms with Crippen LogP contribution < -0.4 is 10.6 Å². The molecule has 0 heterocycles. The first-order valence-corrected chi connectivity index (χ1v) is 4.26. The van der Waals surface area contributed by atoms with Crippen LogP contribution in [0.4, 0.5) is 4.79 Å². The average molecular weight is 168 g/mol. The zero-order valence-electron chi connectivity index (χ0n) is 7.52. The van der Waals surface area contributed by atoms with E-state index in [4.69, 9.17) is 6.42 Å². The highest BCUT2D eigenvalue weighted by atomic mass is 16.2. The number of hydrogen-bond acceptors (Lipinski definition) is 1. The number of carbonyl (C=O) groups excluding carboxylic acids is 1. The second-order valence-corrected chi connectivity index (χ2v) is 2.45. The van der Waals surface area contributed by atoms with E-state index in [1.54, 1.807) is 0 Å². The molecule has 0 saturated carbocycles. The molecule has 0 rings (SSSR count). The van der Waals surface area contributed by atoms with E-state index >= 15 is 0 Å². The van der Waals surface area contributed by atoms with Crippen LogP contribution in [0.1, 0.15) is 26.2 Å². The highest BCUT2D eigenvalue weighted by molar-refractivity contribution is 5.73. The van der Waals surface area contributed by atoms with E-state index in [0.717, 1.165) is 19.3 Å². The van der Waals surface area contributed by atoms with Gasteiger partial charge in [0, 0.05) is 19.5 Å². The van der Waals surface area contributed by atoms with Gasteiger partial charge in [0.05, 0.1) is 0 Å². The molecule has 0 aliphatic rings. The molecule has 3 heteroatoms. The molecule has 0 atom stereocenters. The maximum Gasteiger partial charge on any atom is 0.314 e. The van der Waals surface area contributed by atoms with Gasteiger partial charge in [0.15, 0.2) is 0 Å². The summed E-state index contributed by atoms with van der Waals surface area (Å²) in [7, 11) is 0. The lowest BCUT2D eigenvalue weighted by atomic mass is 10.2. The number of hydrogen-bond donors (Lipinski definition) is 2. The third kappa shape index (κ3) is 6.94. The normalized spacial score (nSPS) is 8.67. The molecule has 0 fully saturated rings. The summed E-state index contributed by atoms with van der Waals surface area (Å²) in [5.41, 5.74) is 0. The molecule has 0 spiro atoms. The highest BCUT2D eigenvalue weighted by Gasteiger charge is 1.94. The monoisotopic (exact) mass is 168 g/mol. The lowest BCUT2D eigenvalue weighted by Gasteiger charge is -2.03. The molecule has 0 aromatic rings. The minimum atomic E-state index is -0.0989. The predicted octanol–water partition coefficient (Wildman–Crippen LogP) is 1.11. The Bertz CT molecular complexity index is 160. The van der Waals surface area contributed by atoms with E-state index in [-0.39, 0.29) is 6.03 Å². The Balaban J connectivity index is 3.09. The molecule has 0 aliphatic heterocycles. The fourth-order valence-electron chi connectivity index (χ4n) is 0.777. The van der Waals surface area contributed by atoms with Gasteiger partial charge in [-0.15, -0.1) is 12.3 Å². The number of unbranched alkanes of at least 4 members (excludes halogenated alkanes) is 2. The Morgan fingerprint density at radius 2 is 2.17 bits per heavy atom. The molecule has 0 aliphatic carbocycles. The molecule has 12 heavy (non-hydrogen) atoms. The SMILES string of the molecule is C#CCCCCNC(=O)NCC. The molecule has 2 amide bonds. The van der Waals surface area contributed by atoms with Gasteiger partial charge in [0.2, 0.25) is 0 Å². The average Bonchev–Trinajstić information content (AvgIpc) is 2.05. The minimum absolute atomic E-state index is 0.0989. The van der Waals surface area contributed by atoms with E-state index in [1.165, 1.54) is 0 Å². The number of rotatable bonds is 5. The smallest absolute Gasteiger partial charge is 0.314 e. The van der Waals surface area contributed by atoms with Crippen LogP contribution in [0.2, 0.25) is 0 Å². The first-order chi connectivity index (χ1) is 5.81. The van der Waals surface area contributed by atoms with Crippen molar-refractivity contribution in [2.24, 2.45) is 0 Å². The molecular formula is C9H16N2O. The van der Waals surface area contributed by atoms with E-state index < -0.39 is 0 Å². The van der Waals surface area contributed by atoms with Crippen LogP contribution >= 0.6 is 0 Å². The summed E-state index contributed by atoms with van der Waals surface area (Å²) in [4.78, 5) is 10.8. The molecule has 0 radical (unpaired) electrons. The maximum absolute atomic E-state index is 10.8. The molecule has 0 aromatic carbocycles. The molecule has 0 unspecified atom stereocenters. The highest BCUT2D eigenvalue weighted by Crippen LogP contribution is 1.90. The van der Waals surface area contributed by atoms with Gasteiger partial charge in [-0.2, -0.15) is 0 Å². The fraction of sp³-hybridized carbons (Fsp3) is 0.667. The van der Waals surface area contributed by atoms with Crippen molar-refractivity contribution in [3.8, 4) is 12.3 Å². The Morgan fingerprint density at radius 1 is 1.42 bits per heavy atom. The summed E-state index contributed by atoms with van der Waals surface area (Å²) in [6.45, 7) is 3.25. The molecular weight excluding hydrogens is 152 g/mol. The van der Waals surface area contributed by atoms with Gasteiger partial charge in [-0.1, -0.05) is 0 Å². The van der Waals surface area contributed by atoms with Crippen molar-refractivity contribution in [1.29, 1.82) is 0 Å². The van der Waals surface area contributed by atoms with Crippen molar-refractivity contribution in [3.63, 3.8) is 0 Å². The van der Waals surface area contributed by atoms with Crippen LogP contribution in [0.25, 0.3) is 0 Å². The lowest BCUT2D eigenvalue weighted by Crippen LogP contribution is -2.35. The van der Waals surface area contributed by atoms with Crippen molar-refractivity contribution in [2.45, 2.75) is 26.2 Å². The van der Waals surface area contributed by atoms with Crippen LogP contribution in [0.5, 0.6) is 0 Å². The number of terminal acetylenes is 1.